The molecule has 82 valence electrons. The summed E-state index contributed by atoms with van der Waals surface area (Å²) in [6, 6.07) is 4.47. The minimum absolute atomic E-state index is 0.214. The zero-order chi connectivity index (χ0) is 11.4. The smallest absolute Gasteiger partial charge is 0.222 e. The predicted octanol–water partition coefficient (Wildman–Crippen LogP) is 0.737. The average molecular weight is 210 g/mol. The summed E-state index contributed by atoms with van der Waals surface area (Å²) in [5.41, 5.74) is 12.3. The van der Waals surface area contributed by atoms with Crippen LogP contribution in [0.5, 0.6) is 0 Å². The molecule has 0 spiro atoms. The van der Waals surface area contributed by atoms with Crippen LogP contribution in [0, 0.1) is 18.7 Å². The van der Waals surface area contributed by atoms with E-state index in [2.05, 4.69) is 0 Å². The molecular formula is C11H15FN2O. The molecule has 0 heterocycles. The number of benzene rings is 1. The van der Waals surface area contributed by atoms with Gasteiger partial charge in [-0.05, 0) is 36.6 Å². The lowest BCUT2D eigenvalue weighted by Crippen LogP contribution is -2.31. The molecule has 1 aromatic carbocycles. The van der Waals surface area contributed by atoms with Gasteiger partial charge in [-0.15, -0.1) is 0 Å². The van der Waals surface area contributed by atoms with Crippen molar-refractivity contribution in [2.24, 2.45) is 17.4 Å². The zero-order valence-electron chi connectivity index (χ0n) is 8.66. The Kier molecular flexibility index (Phi) is 3.80. The van der Waals surface area contributed by atoms with Gasteiger partial charge < -0.3 is 11.5 Å². The monoisotopic (exact) mass is 210 g/mol. The van der Waals surface area contributed by atoms with E-state index in [0.29, 0.717) is 6.42 Å². The van der Waals surface area contributed by atoms with E-state index in [1.54, 1.807) is 13.0 Å². The highest BCUT2D eigenvalue weighted by Gasteiger charge is 2.15. The second-order valence-electron chi connectivity index (χ2n) is 3.61. The van der Waals surface area contributed by atoms with E-state index in [1.165, 1.54) is 12.1 Å². The van der Waals surface area contributed by atoms with Crippen LogP contribution in [-0.4, -0.2) is 12.5 Å². The average Bonchev–Trinajstić information content (AvgIpc) is 2.16. The van der Waals surface area contributed by atoms with E-state index in [4.69, 9.17) is 11.5 Å². The molecule has 0 saturated heterocycles. The van der Waals surface area contributed by atoms with Crippen molar-refractivity contribution in [3.8, 4) is 0 Å². The molecule has 0 radical (unpaired) electrons. The van der Waals surface area contributed by atoms with E-state index in [-0.39, 0.29) is 18.3 Å². The number of aryl methyl sites for hydroxylation is 1. The standard InChI is InChI=1S/C11H15FN2O/c1-7-4-10(12)3-2-8(7)5-9(6-13)11(14)15/h2-4,9H,5-6,13H2,1H3,(H2,14,15). The summed E-state index contributed by atoms with van der Waals surface area (Å²) >= 11 is 0. The minimum Gasteiger partial charge on any atom is -0.369 e. The van der Waals surface area contributed by atoms with Crippen molar-refractivity contribution >= 4 is 5.91 Å². The molecule has 1 rings (SSSR count). The van der Waals surface area contributed by atoms with Gasteiger partial charge in [-0.1, -0.05) is 6.07 Å². The SMILES string of the molecule is Cc1cc(F)ccc1CC(CN)C(N)=O. The van der Waals surface area contributed by atoms with E-state index >= 15 is 0 Å². The Morgan fingerprint density at radius 3 is 2.67 bits per heavy atom. The van der Waals surface area contributed by atoms with Gasteiger partial charge in [0.25, 0.3) is 0 Å². The Hall–Kier alpha value is -1.42. The van der Waals surface area contributed by atoms with Crippen LogP contribution in [0.2, 0.25) is 0 Å². The first-order valence-electron chi connectivity index (χ1n) is 4.79. The Morgan fingerprint density at radius 2 is 2.20 bits per heavy atom. The van der Waals surface area contributed by atoms with E-state index in [1.807, 2.05) is 0 Å². The normalized spacial score (nSPS) is 12.5. The summed E-state index contributed by atoms with van der Waals surface area (Å²) < 4.78 is 12.8. The fourth-order valence-corrected chi connectivity index (χ4v) is 1.45. The molecule has 15 heavy (non-hydrogen) atoms. The molecule has 0 aliphatic rings. The third-order valence-corrected chi connectivity index (χ3v) is 2.46. The molecule has 0 bridgehead atoms. The Bertz CT molecular complexity index is 366. The number of halogens is 1. The van der Waals surface area contributed by atoms with Crippen molar-refractivity contribution in [2.75, 3.05) is 6.54 Å². The van der Waals surface area contributed by atoms with Crippen LogP contribution in [-0.2, 0) is 11.2 Å². The highest BCUT2D eigenvalue weighted by molar-refractivity contribution is 5.77. The molecule has 1 aromatic rings. The molecule has 4 N–H and O–H groups in total. The first-order chi connectivity index (χ1) is 7.04. The van der Waals surface area contributed by atoms with Gasteiger partial charge in [0, 0.05) is 6.54 Å². The maximum absolute atomic E-state index is 12.8. The Balaban J connectivity index is 2.84. The van der Waals surface area contributed by atoms with Crippen molar-refractivity contribution in [1.82, 2.24) is 0 Å². The van der Waals surface area contributed by atoms with Gasteiger partial charge in [0.1, 0.15) is 5.82 Å². The Morgan fingerprint density at radius 1 is 1.53 bits per heavy atom. The third-order valence-electron chi connectivity index (χ3n) is 2.46. The third kappa shape index (κ3) is 3.02. The van der Waals surface area contributed by atoms with Gasteiger partial charge in [-0.25, -0.2) is 4.39 Å². The number of hydrogen-bond donors (Lipinski definition) is 2. The van der Waals surface area contributed by atoms with Crippen LogP contribution < -0.4 is 11.5 Å². The van der Waals surface area contributed by atoms with Gasteiger partial charge in [0.15, 0.2) is 0 Å². The molecule has 4 heteroatoms. The molecule has 0 saturated carbocycles. The molecule has 3 nitrogen and oxygen atoms in total. The fourth-order valence-electron chi connectivity index (χ4n) is 1.45. The number of rotatable bonds is 4. The van der Waals surface area contributed by atoms with Gasteiger partial charge in [-0.2, -0.15) is 0 Å². The molecule has 0 fully saturated rings. The summed E-state index contributed by atoms with van der Waals surface area (Å²) in [4.78, 5) is 11.0. The molecule has 0 aliphatic carbocycles. The van der Waals surface area contributed by atoms with Gasteiger partial charge in [-0.3, -0.25) is 4.79 Å². The number of carbonyl (C=O) groups is 1. The van der Waals surface area contributed by atoms with E-state index in [9.17, 15) is 9.18 Å². The van der Waals surface area contributed by atoms with Crippen LogP contribution in [0.1, 0.15) is 11.1 Å². The second kappa shape index (κ2) is 4.89. The highest BCUT2D eigenvalue weighted by Crippen LogP contribution is 2.14. The first kappa shape index (κ1) is 11.7. The largest absolute Gasteiger partial charge is 0.369 e. The molecule has 0 aliphatic heterocycles. The van der Waals surface area contributed by atoms with Crippen LogP contribution in [0.4, 0.5) is 4.39 Å². The Labute approximate surface area is 88.3 Å². The van der Waals surface area contributed by atoms with Crippen molar-refractivity contribution in [2.45, 2.75) is 13.3 Å². The highest BCUT2D eigenvalue weighted by atomic mass is 19.1. The van der Waals surface area contributed by atoms with Crippen molar-refractivity contribution in [3.05, 3.63) is 35.1 Å². The lowest BCUT2D eigenvalue weighted by atomic mass is 9.95. The summed E-state index contributed by atoms with van der Waals surface area (Å²) in [5.74, 6) is -1.07. The van der Waals surface area contributed by atoms with Gasteiger partial charge in [0.05, 0.1) is 5.92 Å². The van der Waals surface area contributed by atoms with Crippen LogP contribution >= 0.6 is 0 Å². The maximum Gasteiger partial charge on any atom is 0.222 e. The number of nitrogens with two attached hydrogens (primary N) is 2. The van der Waals surface area contributed by atoms with Crippen molar-refractivity contribution in [3.63, 3.8) is 0 Å². The van der Waals surface area contributed by atoms with Crippen LogP contribution in [0.15, 0.2) is 18.2 Å². The van der Waals surface area contributed by atoms with Gasteiger partial charge in [0.2, 0.25) is 5.91 Å². The second-order valence-corrected chi connectivity index (χ2v) is 3.61. The molecule has 1 unspecified atom stereocenters. The van der Waals surface area contributed by atoms with E-state index < -0.39 is 5.91 Å². The molecule has 1 amide bonds. The zero-order valence-corrected chi connectivity index (χ0v) is 8.66. The number of amides is 1. The van der Waals surface area contributed by atoms with Crippen molar-refractivity contribution in [1.29, 1.82) is 0 Å². The quantitative estimate of drug-likeness (QED) is 0.769. The molecular weight excluding hydrogens is 195 g/mol. The predicted molar refractivity (Wildman–Crippen MR) is 56.6 cm³/mol. The minimum atomic E-state index is -0.416. The van der Waals surface area contributed by atoms with E-state index in [0.717, 1.165) is 11.1 Å². The number of hydrogen-bond acceptors (Lipinski definition) is 2. The topological polar surface area (TPSA) is 69.1 Å². The number of primary amides is 1. The lowest BCUT2D eigenvalue weighted by Gasteiger charge is -2.12. The first-order valence-corrected chi connectivity index (χ1v) is 4.79. The summed E-state index contributed by atoms with van der Waals surface area (Å²) in [6.07, 6.45) is 0.470. The fraction of sp³-hybridized carbons (Fsp3) is 0.364. The van der Waals surface area contributed by atoms with Crippen molar-refractivity contribution < 1.29 is 9.18 Å². The maximum atomic E-state index is 12.8. The summed E-state index contributed by atoms with van der Waals surface area (Å²) in [5, 5.41) is 0. The molecule has 0 aromatic heterocycles. The lowest BCUT2D eigenvalue weighted by molar-refractivity contribution is -0.121. The van der Waals surface area contributed by atoms with Gasteiger partial charge >= 0.3 is 0 Å². The number of carbonyl (C=O) groups excluding carboxylic acids is 1. The molecule has 1 atom stereocenters. The summed E-state index contributed by atoms with van der Waals surface area (Å²) in [6.45, 7) is 2.01. The van der Waals surface area contributed by atoms with Crippen LogP contribution in [0.3, 0.4) is 0 Å². The summed E-state index contributed by atoms with van der Waals surface area (Å²) in [7, 11) is 0. The van der Waals surface area contributed by atoms with Crippen LogP contribution in [0.25, 0.3) is 0 Å².